The highest BCUT2D eigenvalue weighted by Gasteiger charge is 2.10. The Labute approximate surface area is 108 Å². The van der Waals surface area contributed by atoms with E-state index in [0.29, 0.717) is 12.2 Å². The molecule has 4 heteroatoms. The van der Waals surface area contributed by atoms with E-state index in [1.54, 1.807) is 6.08 Å². The lowest BCUT2D eigenvalue weighted by atomic mass is 10.2. The summed E-state index contributed by atoms with van der Waals surface area (Å²) in [5.41, 5.74) is 2.66. The third-order valence-electron chi connectivity index (χ3n) is 2.48. The SMILES string of the molecule is C=CCNC(=O)c1cc2cc(C)cc(Br)c2[nH]1. The van der Waals surface area contributed by atoms with Gasteiger partial charge in [-0.1, -0.05) is 6.08 Å². The molecule has 2 rings (SSSR count). The third-order valence-corrected chi connectivity index (χ3v) is 3.10. The van der Waals surface area contributed by atoms with Gasteiger partial charge in [-0.15, -0.1) is 6.58 Å². The molecular formula is C13H13BrN2O. The molecule has 0 fully saturated rings. The maximum Gasteiger partial charge on any atom is 0.267 e. The Morgan fingerprint density at radius 2 is 2.29 bits per heavy atom. The van der Waals surface area contributed by atoms with Gasteiger partial charge in [0.25, 0.3) is 5.91 Å². The number of aromatic amines is 1. The molecule has 17 heavy (non-hydrogen) atoms. The summed E-state index contributed by atoms with van der Waals surface area (Å²) in [5, 5.41) is 3.77. The number of fused-ring (bicyclic) bond motifs is 1. The van der Waals surface area contributed by atoms with E-state index >= 15 is 0 Å². The number of aryl methyl sites for hydroxylation is 1. The zero-order valence-electron chi connectivity index (χ0n) is 9.51. The zero-order valence-corrected chi connectivity index (χ0v) is 11.1. The van der Waals surface area contributed by atoms with Gasteiger partial charge in [-0.05, 0) is 46.6 Å². The van der Waals surface area contributed by atoms with Crippen LogP contribution >= 0.6 is 15.9 Å². The van der Waals surface area contributed by atoms with E-state index in [9.17, 15) is 4.79 Å². The van der Waals surface area contributed by atoms with Crippen molar-refractivity contribution in [2.45, 2.75) is 6.92 Å². The molecule has 0 bridgehead atoms. The van der Waals surface area contributed by atoms with Gasteiger partial charge < -0.3 is 10.3 Å². The molecule has 3 nitrogen and oxygen atoms in total. The van der Waals surface area contributed by atoms with Gasteiger partial charge in [-0.25, -0.2) is 0 Å². The van der Waals surface area contributed by atoms with Gasteiger partial charge in [0, 0.05) is 16.4 Å². The molecule has 1 heterocycles. The van der Waals surface area contributed by atoms with E-state index in [4.69, 9.17) is 0 Å². The second kappa shape index (κ2) is 4.75. The van der Waals surface area contributed by atoms with Gasteiger partial charge in [0.1, 0.15) is 5.69 Å². The van der Waals surface area contributed by atoms with E-state index in [0.717, 1.165) is 20.9 Å². The molecule has 2 aromatic rings. The molecule has 0 saturated heterocycles. The number of carbonyl (C=O) groups excluding carboxylic acids is 1. The van der Waals surface area contributed by atoms with Crippen LogP contribution in [-0.4, -0.2) is 17.4 Å². The molecule has 1 aromatic heterocycles. The van der Waals surface area contributed by atoms with E-state index in [-0.39, 0.29) is 5.91 Å². The molecule has 0 radical (unpaired) electrons. The Balaban J connectivity index is 2.41. The molecule has 0 spiro atoms. The summed E-state index contributed by atoms with van der Waals surface area (Å²) >= 11 is 3.48. The summed E-state index contributed by atoms with van der Waals surface area (Å²) in [6.45, 7) is 6.05. The minimum Gasteiger partial charge on any atom is -0.350 e. The maximum atomic E-state index is 11.8. The Hall–Kier alpha value is -1.55. The number of aromatic nitrogens is 1. The zero-order chi connectivity index (χ0) is 12.4. The highest BCUT2D eigenvalue weighted by molar-refractivity contribution is 9.10. The number of carbonyl (C=O) groups is 1. The van der Waals surface area contributed by atoms with Crippen molar-refractivity contribution in [1.29, 1.82) is 0 Å². The highest BCUT2D eigenvalue weighted by Crippen LogP contribution is 2.25. The number of hydrogen-bond acceptors (Lipinski definition) is 1. The van der Waals surface area contributed by atoms with Crippen molar-refractivity contribution in [1.82, 2.24) is 10.3 Å². The molecule has 0 aliphatic rings. The standard InChI is InChI=1S/C13H13BrN2O/c1-3-4-15-13(17)11-7-9-5-8(2)6-10(14)12(9)16-11/h3,5-7,16H,1,4H2,2H3,(H,15,17). The van der Waals surface area contributed by atoms with E-state index < -0.39 is 0 Å². The van der Waals surface area contributed by atoms with Gasteiger partial charge in [0.2, 0.25) is 0 Å². The fourth-order valence-corrected chi connectivity index (χ4v) is 2.41. The number of H-pyrrole nitrogens is 1. The molecule has 0 atom stereocenters. The van der Waals surface area contributed by atoms with Crippen LogP contribution in [0.25, 0.3) is 10.9 Å². The fraction of sp³-hybridized carbons (Fsp3) is 0.154. The van der Waals surface area contributed by atoms with E-state index in [1.807, 2.05) is 25.1 Å². The summed E-state index contributed by atoms with van der Waals surface area (Å²) in [6.07, 6.45) is 1.65. The minimum atomic E-state index is -0.120. The van der Waals surface area contributed by atoms with Crippen LogP contribution in [0.1, 0.15) is 16.1 Å². The molecule has 0 aliphatic carbocycles. The van der Waals surface area contributed by atoms with E-state index in [2.05, 4.69) is 32.8 Å². The average Bonchev–Trinajstić information content (AvgIpc) is 2.69. The van der Waals surface area contributed by atoms with Crippen molar-refractivity contribution in [3.63, 3.8) is 0 Å². The number of hydrogen-bond donors (Lipinski definition) is 2. The number of benzene rings is 1. The number of amides is 1. The molecule has 0 unspecified atom stereocenters. The van der Waals surface area contributed by atoms with Crippen molar-refractivity contribution in [3.05, 3.63) is 46.6 Å². The van der Waals surface area contributed by atoms with Crippen LogP contribution in [0.4, 0.5) is 0 Å². The molecule has 0 saturated carbocycles. The van der Waals surface area contributed by atoms with Crippen LogP contribution in [0, 0.1) is 6.92 Å². The van der Waals surface area contributed by atoms with Crippen LogP contribution in [-0.2, 0) is 0 Å². The first-order valence-corrected chi connectivity index (χ1v) is 6.09. The van der Waals surface area contributed by atoms with Crippen LogP contribution in [0.15, 0.2) is 35.3 Å². The molecular weight excluding hydrogens is 280 g/mol. The van der Waals surface area contributed by atoms with Crippen molar-refractivity contribution in [3.8, 4) is 0 Å². The van der Waals surface area contributed by atoms with Gasteiger partial charge in [0.15, 0.2) is 0 Å². The maximum absolute atomic E-state index is 11.8. The number of nitrogens with one attached hydrogen (secondary N) is 2. The highest BCUT2D eigenvalue weighted by atomic mass is 79.9. The number of rotatable bonds is 3. The van der Waals surface area contributed by atoms with Gasteiger partial charge in [-0.3, -0.25) is 4.79 Å². The summed E-state index contributed by atoms with van der Waals surface area (Å²) in [7, 11) is 0. The Morgan fingerprint density at radius 1 is 1.53 bits per heavy atom. The summed E-state index contributed by atoms with van der Waals surface area (Å²) < 4.78 is 0.968. The van der Waals surface area contributed by atoms with Gasteiger partial charge >= 0.3 is 0 Å². The molecule has 2 N–H and O–H groups in total. The lowest BCUT2D eigenvalue weighted by Gasteiger charge is -1.98. The van der Waals surface area contributed by atoms with Crippen LogP contribution in [0.5, 0.6) is 0 Å². The minimum absolute atomic E-state index is 0.120. The Kier molecular flexibility index (Phi) is 3.33. The summed E-state index contributed by atoms with van der Waals surface area (Å²) in [4.78, 5) is 14.9. The van der Waals surface area contributed by atoms with Crippen LogP contribution < -0.4 is 5.32 Å². The Morgan fingerprint density at radius 3 is 3.00 bits per heavy atom. The van der Waals surface area contributed by atoms with Crippen LogP contribution in [0.3, 0.4) is 0 Å². The molecule has 88 valence electrons. The fourth-order valence-electron chi connectivity index (χ4n) is 1.72. The largest absolute Gasteiger partial charge is 0.350 e. The van der Waals surface area contributed by atoms with Gasteiger partial charge in [0.05, 0.1) is 5.52 Å². The summed E-state index contributed by atoms with van der Waals surface area (Å²) in [6, 6.07) is 5.91. The lowest BCUT2D eigenvalue weighted by molar-refractivity contribution is 0.0954. The van der Waals surface area contributed by atoms with Crippen molar-refractivity contribution < 1.29 is 4.79 Å². The quantitative estimate of drug-likeness (QED) is 0.839. The molecule has 1 aromatic carbocycles. The van der Waals surface area contributed by atoms with Crippen molar-refractivity contribution >= 4 is 32.7 Å². The summed E-state index contributed by atoms with van der Waals surface area (Å²) in [5.74, 6) is -0.120. The predicted molar refractivity (Wildman–Crippen MR) is 73.3 cm³/mol. The first-order valence-electron chi connectivity index (χ1n) is 5.30. The van der Waals surface area contributed by atoms with Gasteiger partial charge in [-0.2, -0.15) is 0 Å². The second-order valence-corrected chi connectivity index (χ2v) is 4.75. The van der Waals surface area contributed by atoms with Crippen LogP contribution in [0.2, 0.25) is 0 Å². The average molecular weight is 293 g/mol. The molecule has 1 amide bonds. The number of halogens is 1. The normalized spacial score (nSPS) is 10.5. The first-order chi connectivity index (χ1) is 8.11. The topological polar surface area (TPSA) is 44.9 Å². The Bertz CT molecular complexity index is 586. The monoisotopic (exact) mass is 292 g/mol. The van der Waals surface area contributed by atoms with Crippen molar-refractivity contribution in [2.75, 3.05) is 6.54 Å². The molecule has 0 aliphatic heterocycles. The smallest absolute Gasteiger partial charge is 0.267 e. The second-order valence-electron chi connectivity index (χ2n) is 3.89. The third kappa shape index (κ3) is 2.42. The lowest BCUT2D eigenvalue weighted by Crippen LogP contribution is -2.23. The van der Waals surface area contributed by atoms with Crippen molar-refractivity contribution in [2.24, 2.45) is 0 Å². The predicted octanol–water partition coefficient (Wildman–Crippen LogP) is 3.15. The first kappa shape index (κ1) is 11.9. The van der Waals surface area contributed by atoms with E-state index in [1.165, 1.54) is 0 Å².